The number of alkyl halides is 3. The summed E-state index contributed by atoms with van der Waals surface area (Å²) in [5.41, 5.74) is -0.300. The van der Waals surface area contributed by atoms with Crippen LogP contribution in [0.2, 0.25) is 5.02 Å². The molecule has 74 valence electrons. The van der Waals surface area contributed by atoms with Crippen molar-refractivity contribution in [2.45, 2.75) is 6.18 Å². The summed E-state index contributed by atoms with van der Waals surface area (Å²) >= 11 is 5.58. The van der Waals surface area contributed by atoms with E-state index in [-0.39, 0.29) is 16.3 Å². The third-order valence-electron chi connectivity index (χ3n) is 1.49. The number of oxazole rings is 1. The zero-order valence-electron chi connectivity index (χ0n) is 6.47. The molecule has 14 heavy (non-hydrogen) atoms. The maximum atomic E-state index is 12.1. The Labute approximate surface area is 80.5 Å². The van der Waals surface area contributed by atoms with Crippen LogP contribution in [0.1, 0.15) is 5.89 Å². The fourth-order valence-electron chi connectivity index (χ4n) is 0.925. The SMILES string of the molecule is FC(F)(F)c1nc2nccc(Cl)c2o1. The Morgan fingerprint density at radius 3 is 2.64 bits per heavy atom. The van der Waals surface area contributed by atoms with E-state index in [9.17, 15) is 13.2 Å². The molecule has 0 bridgehead atoms. The van der Waals surface area contributed by atoms with Gasteiger partial charge in [-0.15, -0.1) is 0 Å². The predicted octanol–water partition coefficient (Wildman–Crippen LogP) is 2.90. The zero-order chi connectivity index (χ0) is 10.3. The number of rotatable bonds is 0. The van der Waals surface area contributed by atoms with Gasteiger partial charge in [-0.3, -0.25) is 0 Å². The lowest BCUT2D eigenvalue weighted by Crippen LogP contribution is -2.04. The minimum Gasteiger partial charge on any atom is -0.429 e. The molecule has 0 aliphatic carbocycles. The van der Waals surface area contributed by atoms with Gasteiger partial charge in [-0.1, -0.05) is 11.6 Å². The van der Waals surface area contributed by atoms with Crippen LogP contribution < -0.4 is 0 Å². The van der Waals surface area contributed by atoms with Crippen LogP contribution >= 0.6 is 11.6 Å². The molecule has 3 nitrogen and oxygen atoms in total. The second-order valence-electron chi connectivity index (χ2n) is 2.46. The molecule has 2 heterocycles. The van der Waals surface area contributed by atoms with E-state index >= 15 is 0 Å². The molecule has 0 fully saturated rings. The Kier molecular flexibility index (Phi) is 1.88. The Bertz CT molecular complexity index is 479. The van der Waals surface area contributed by atoms with Gasteiger partial charge in [0.15, 0.2) is 5.58 Å². The molecule has 0 N–H and O–H groups in total. The van der Waals surface area contributed by atoms with Gasteiger partial charge in [0.2, 0.25) is 5.65 Å². The van der Waals surface area contributed by atoms with Gasteiger partial charge in [-0.05, 0) is 6.07 Å². The van der Waals surface area contributed by atoms with Crippen LogP contribution in [0.5, 0.6) is 0 Å². The van der Waals surface area contributed by atoms with Gasteiger partial charge in [-0.2, -0.15) is 18.2 Å². The molecule has 0 saturated carbocycles. The van der Waals surface area contributed by atoms with E-state index in [1.807, 2.05) is 0 Å². The molecule has 0 spiro atoms. The number of aromatic nitrogens is 2. The van der Waals surface area contributed by atoms with Gasteiger partial charge in [0.1, 0.15) is 0 Å². The Morgan fingerprint density at radius 2 is 2.07 bits per heavy atom. The third kappa shape index (κ3) is 1.41. The van der Waals surface area contributed by atoms with Gasteiger partial charge < -0.3 is 4.42 Å². The second kappa shape index (κ2) is 2.84. The van der Waals surface area contributed by atoms with Gasteiger partial charge >= 0.3 is 12.1 Å². The van der Waals surface area contributed by atoms with Crippen molar-refractivity contribution in [3.63, 3.8) is 0 Å². The lowest BCUT2D eigenvalue weighted by Gasteiger charge is -1.97. The van der Waals surface area contributed by atoms with E-state index < -0.39 is 12.1 Å². The van der Waals surface area contributed by atoms with Gasteiger partial charge in [0.05, 0.1) is 5.02 Å². The first-order chi connectivity index (χ1) is 6.48. The molecule has 0 atom stereocenters. The standard InChI is InChI=1S/C7H2ClF3N2O/c8-3-1-2-12-5-4(3)14-6(13-5)7(9,10)11/h1-2H. The van der Waals surface area contributed by atoms with Crippen molar-refractivity contribution in [3.05, 3.63) is 23.2 Å². The first-order valence-electron chi connectivity index (χ1n) is 3.47. The maximum absolute atomic E-state index is 12.1. The van der Waals surface area contributed by atoms with Crippen molar-refractivity contribution in [3.8, 4) is 0 Å². The average molecular weight is 223 g/mol. The van der Waals surface area contributed by atoms with E-state index in [1.165, 1.54) is 12.3 Å². The summed E-state index contributed by atoms with van der Waals surface area (Å²) in [6.45, 7) is 0. The highest BCUT2D eigenvalue weighted by Gasteiger charge is 2.38. The van der Waals surface area contributed by atoms with Crippen LogP contribution in [0, 0.1) is 0 Å². The molecule has 2 aromatic heterocycles. The molecular weight excluding hydrogens is 221 g/mol. The van der Waals surface area contributed by atoms with E-state index in [1.54, 1.807) is 0 Å². The number of pyridine rings is 1. The Balaban J connectivity index is 2.69. The Morgan fingerprint density at radius 1 is 1.36 bits per heavy atom. The summed E-state index contributed by atoms with van der Waals surface area (Å²) in [5.74, 6) is -1.34. The highest BCUT2D eigenvalue weighted by atomic mass is 35.5. The normalized spacial score (nSPS) is 12.3. The van der Waals surface area contributed by atoms with Crippen LogP contribution in [0.15, 0.2) is 16.7 Å². The molecular formula is C7H2ClF3N2O. The lowest BCUT2D eigenvalue weighted by molar-refractivity contribution is -0.156. The molecule has 2 rings (SSSR count). The summed E-state index contributed by atoms with van der Waals surface area (Å²) in [5, 5.41) is 0.0537. The zero-order valence-corrected chi connectivity index (χ0v) is 7.23. The number of hydrogen-bond donors (Lipinski definition) is 0. The summed E-state index contributed by atoms with van der Waals surface area (Å²) in [6, 6.07) is 1.33. The molecule has 0 aliphatic rings. The van der Waals surface area contributed by atoms with Crippen LogP contribution in [0.25, 0.3) is 11.2 Å². The maximum Gasteiger partial charge on any atom is 0.469 e. The summed E-state index contributed by atoms with van der Waals surface area (Å²) in [7, 11) is 0. The first-order valence-corrected chi connectivity index (χ1v) is 3.84. The van der Waals surface area contributed by atoms with E-state index in [2.05, 4.69) is 14.4 Å². The quantitative estimate of drug-likeness (QED) is 0.688. The highest BCUT2D eigenvalue weighted by molar-refractivity contribution is 6.34. The monoisotopic (exact) mass is 222 g/mol. The minimum absolute atomic E-state index is 0.0537. The topological polar surface area (TPSA) is 38.9 Å². The van der Waals surface area contributed by atoms with Crippen LogP contribution in [0.3, 0.4) is 0 Å². The van der Waals surface area contributed by atoms with E-state index in [0.717, 1.165) is 0 Å². The number of nitrogens with zero attached hydrogens (tertiary/aromatic N) is 2. The van der Waals surface area contributed by atoms with Crippen molar-refractivity contribution in [1.82, 2.24) is 9.97 Å². The Hall–Kier alpha value is -1.30. The lowest BCUT2D eigenvalue weighted by atomic mass is 10.5. The van der Waals surface area contributed by atoms with Crippen molar-refractivity contribution < 1.29 is 17.6 Å². The number of fused-ring (bicyclic) bond motifs is 1. The number of hydrogen-bond acceptors (Lipinski definition) is 3. The van der Waals surface area contributed by atoms with Crippen molar-refractivity contribution in [2.75, 3.05) is 0 Å². The van der Waals surface area contributed by atoms with Crippen LogP contribution in [-0.4, -0.2) is 9.97 Å². The summed E-state index contributed by atoms with van der Waals surface area (Å²) < 4.78 is 40.8. The fraction of sp³-hybridized carbons (Fsp3) is 0.143. The fourth-order valence-corrected chi connectivity index (χ4v) is 1.10. The molecule has 0 amide bonds. The molecule has 0 aliphatic heterocycles. The first kappa shape index (κ1) is 9.26. The molecule has 0 aromatic carbocycles. The third-order valence-corrected chi connectivity index (χ3v) is 1.78. The summed E-state index contributed by atoms with van der Waals surface area (Å²) in [6.07, 6.45) is -3.36. The van der Waals surface area contributed by atoms with Gasteiger partial charge in [0.25, 0.3) is 0 Å². The molecule has 7 heteroatoms. The predicted molar refractivity (Wildman–Crippen MR) is 41.8 cm³/mol. The second-order valence-corrected chi connectivity index (χ2v) is 2.87. The van der Waals surface area contributed by atoms with Crippen molar-refractivity contribution >= 4 is 22.8 Å². The average Bonchev–Trinajstić information content (AvgIpc) is 2.48. The summed E-state index contributed by atoms with van der Waals surface area (Å²) in [4.78, 5) is 6.74. The molecule has 0 unspecified atom stereocenters. The number of halogens is 4. The highest BCUT2D eigenvalue weighted by Crippen LogP contribution is 2.32. The van der Waals surface area contributed by atoms with Gasteiger partial charge in [0, 0.05) is 6.20 Å². The molecule has 2 aromatic rings. The van der Waals surface area contributed by atoms with Gasteiger partial charge in [-0.25, -0.2) is 4.98 Å². The largest absolute Gasteiger partial charge is 0.469 e. The van der Waals surface area contributed by atoms with Crippen LogP contribution in [0.4, 0.5) is 13.2 Å². The minimum atomic E-state index is -4.62. The van der Waals surface area contributed by atoms with E-state index in [4.69, 9.17) is 11.6 Å². The van der Waals surface area contributed by atoms with Crippen LogP contribution in [-0.2, 0) is 6.18 Å². The van der Waals surface area contributed by atoms with E-state index in [0.29, 0.717) is 0 Å². The smallest absolute Gasteiger partial charge is 0.429 e. The van der Waals surface area contributed by atoms with Crippen molar-refractivity contribution in [2.24, 2.45) is 0 Å². The molecule has 0 saturated heterocycles. The van der Waals surface area contributed by atoms with Crippen molar-refractivity contribution in [1.29, 1.82) is 0 Å². The molecule has 0 radical (unpaired) electrons.